The van der Waals surface area contributed by atoms with Gasteiger partial charge >= 0.3 is 6.03 Å². The third-order valence-electron chi connectivity index (χ3n) is 5.46. The summed E-state index contributed by atoms with van der Waals surface area (Å²) in [4.78, 5) is 26.6. The molecule has 0 saturated carbocycles. The lowest BCUT2D eigenvalue weighted by Gasteiger charge is -2.23. The van der Waals surface area contributed by atoms with Crippen LogP contribution in [0.5, 0.6) is 5.75 Å². The molecule has 1 fully saturated rings. The van der Waals surface area contributed by atoms with Crippen molar-refractivity contribution in [3.8, 4) is 11.8 Å². The van der Waals surface area contributed by atoms with Gasteiger partial charge in [-0.05, 0) is 41.7 Å². The van der Waals surface area contributed by atoms with Crippen molar-refractivity contribution in [2.75, 3.05) is 13.2 Å². The fraction of sp³-hybridized carbons (Fsp3) is 0.318. The minimum Gasteiger partial charge on any atom is -0.491 e. The fourth-order valence-electron chi connectivity index (χ4n) is 4.01. The third-order valence-corrected chi connectivity index (χ3v) is 5.46. The van der Waals surface area contributed by atoms with Gasteiger partial charge in [0.2, 0.25) is 0 Å². The average Bonchev–Trinajstić information content (AvgIpc) is 3.21. The molecule has 0 unspecified atom stereocenters. The molecule has 1 heterocycles. The molecule has 7 heteroatoms. The Balaban J connectivity index is 1.39. The molecule has 2 aromatic rings. The van der Waals surface area contributed by atoms with E-state index in [-0.39, 0.29) is 19.1 Å². The number of amides is 3. The number of ether oxygens (including phenoxy) is 1. The van der Waals surface area contributed by atoms with Crippen molar-refractivity contribution >= 4 is 11.9 Å². The third kappa shape index (κ3) is 3.43. The molecule has 0 aromatic heterocycles. The van der Waals surface area contributed by atoms with Crippen molar-refractivity contribution in [1.29, 1.82) is 5.26 Å². The SMILES string of the molecule is N#CCc1ccc(OC[C@H](O)CN2C(=O)N[C@]3(CCc4ccccc43)C2=O)cc1. The number of urea groups is 1. The number of hydrogen-bond acceptors (Lipinski definition) is 5. The zero-order valence-electron chi connectivity index (χ0n) is 15.8. The van der Waals surface area contributed by atoms with Crippen LogP contribution in [0.1, 0.15) is 23.1 Å². The maximum Gasteiger partial charge on any atom is 0.325 e. The topological polar surface area (TPSA) is 103 Å². The van der Waals surface area contributed by atoms with E-state index in [0.717, 1.165) is 28.0 Å². The summed E-state index contributed by atoms with van der Waals surface area (Å²) in [6.45, 7) is -0.195. The van der Waals surface area contributed by atoms with Gasteiger partial charge in [0.1, 0.15) is 24.0 Å². The highest BCUT2D eigenvalue weighted by Gasteiger charge is 2.55. The summed E-state index contributed by atoms with van der Waals surface area (Å²) in [6.07, 6.45) is 0.550. The molecule has 2 N–H and O–H groups in total. The highest BCUT2D eigenvalue weighted by atomic mass is 16.5. The molecule has 0 bridgehead atoms. The van der Waals surface area contributed by atoms with Crippen molar-refractivity contribution < 1.29 is 19.4 Å². The van der Waals surface area contributed by atoms with E-state index in [2.05, 4.69) is 11.4 Å². The number of nitrogens with one attached hydrogen (secondary N) is 1. The number of nitrogens with zero attached hydrogens (tertiary/aromatic N) is 2. The Morgan fingerprint density at radius 1 is 1.21 bits per heavy atom. The van der Waals surface area contributed by atoms with E-state index in [9.17, 15) is 14.7 Å². The first-order chi connectivity index (χ1) is 14.0. The van der Waals surface area contributed by atoms with Gasteiger partial charge in [0, 0.05) is 0 Å². The first-order valence-corrected chi connectivity index (χ1v) is 9.53. The monoisotopic (exact) mass is 391 g/mol. The molecule has 2 atom stereocenters. The summed E-state index contributed by atoms with van der Waals surface area (Å²) < 4.78 is 5.55. The van der Waals surface area contributed by atoms with Gasteiger partial charge in [0.25, 0.3) is 5.91 Å². The molecule has 1 aliphatic carbocycles. The number of carbonyl (C=O) groups excluding carboxylic acids is 2. The van der Waals surface area contributed by atoms with Gasteiger partial charge in [-0.1, -0.05) is 36.4 Å². The van der Waals surface area contributed by atoms with Crippen molar-refractivity contribution in [3.63, 3.8) is 0 Å². The van der Waals surface area contributed by atoms with E-state index in [1.165, 1.54) is 0 Å². The predicted molar refractivity (Wildman–Crippen MR) is 104 cm³/mol. The number of aryl methyl sites for hydroxylation is 1. The van der Waals surface area contributed by atoms with Crippen LogP contribution in [-0.2, 0) is 23.2 Å². The molecule has 148 valence electrons. The van der Waals surface area contributed by atoms with Crippen molar-refractivity contribution in [1.82, 2.24) is 10.2 Å². The molecule has 7 nitrogen and oxygen atoms in total. The normalized spacial score (nSPS) is 21.0. The summed E-state index contributed by atoms with van der Waals surface area (Å²) in [5, 5.41) is 21.9. The second kappa shape index (κ2) is 7.57. The van der Waals surface area contributed by atoms with E-state index in [0.29, 0.717) is 18.6 Å². The first-order valence-electron chi connectivity index (χ1n) is 9.53. The molecule has 2 aliphatic rings. The van der Waals surface area contributed by atoms with Crippen LogP contribution in [0.25, 0.3) is 0 Å². The summed E-state index contributed by atoms with van der Waals surface area (Å²) in [6, 6.07) is 16.2. The van der Waals surface area contributed by atoms with E-state index in [1.54, 1.807) is 24.3 Å². The second-order valence-electron chi connectivity index (χ2n) is 7.35. The molecular weight excluding hydrogens is 370 g/mol. The predicted octanol–water partition coefficient (Wildman–Crippen LogP) is 1.89. The maximum absolute atomic E-state index is 13.1. The van der Waals surface area contributed by atoms with E-state index < -0.39 is 17.7 Å². The molecule has 1 spiro atoms. The largest absolute Gasteiger partial charge is 0.491 e. The van der Waals surface area contributed by atoms with Crippen molar-refractivity contribution in [3.05, 3.63) is 65.2 Å². The number of β-amino-alcohol motifs (C(OH)–C–C–N with tert-alkyl or cyclic N) is 1. The zero-order valence-corrected chi connectivity index (χ0v) is 15.8. The number of benzene rings is 2. The standard InChI is InChI=1S/C22H21N3O4/c23-12-10-15-5-7-18(8-6-15)29-14-17(26)13-25-20(27)22(24-21(25)28)11-9-16-3-1-2-4-19(16)22/h1-8,17,26H,9-11,13-14H2,(H,24,28)/t17-,22+/m1/s1. The average molecular weight is 391 g/mol. The van der Waals surface area contributed by atoms with Crippen LogP contribution >= 0.6 is 0 Å². The molecule has 4 rings (SSSR count). The summed E-state index contributed by atoms with van der Waals surface area (Å²) in [5.74, 6) is 0.219. The first kappa shape index (κ1) is 19.0. The lowest BCUT2D eigenvalue weighted by atomic mass is 9.92. The Bertz CT molecular complexity index is 982. The maximum atomic E-state index is 13.1. The van der Waals surface area contributed by atoms with Crippen molar-refractivity contribution in [2.45, 2.75) is 30.9 Å². The van der Waals surface area contributed by atoms with E-state index in [1.807, 2.05) is 24.3 Å². The van der Waals surface area contributed by atoms with E-state index >= 15 is 0 Å². The summed E-state index contributed by atoms with van der Waals surface area (Å²) in [5.41, 5.74) is 1.75. The minimum absolute atomic E-state index is 0.0573. The molecule has 1 saturated heterocycles. The number of carbonyl (C=O) groups is 2. The Morgan fingerprint density at radius 3 is 2.72 bits per heavy atom. The molecule has 29 heavy (non-hydrogen) atoms. The van der Waals surface area contributed by atoms with E-state index in [4.69, 9.17) is 10.00 Å². The number of rotatable bonds is 6. The highest BCUT2D eigenvalue weighted by molar-refractivity contribution is 6.08. The van der Waals surface area contributed by atoms with Gasteiger partial charge < -0.3 is 15.2 Å². The Hall–Kier alpha value is -3.37. The van der Waals surface area contributed by atoms with Gasteiger partial charge in [-0.25, -0.2) is 4.79 Å². The van der Waals surface area contributed by atoms with Crippen LogP contribution in [0.2, 0.25) is 0 Å². The lowest BCUT2D eigenvalue weighted by molar-refractivity contribution is -0.132. The number of imide groups is 1. The lowest BCUT2D eigenvalue weighted by Crippen LogP contribution is -2.43. The van der Waals surface area contributed by atoms with Crippen LogP contribution in [-0.4, -0.2) is 41.2 Å². The van der Waals surface area contributed by atoms with Crippen LogP contribution in [0.15, 0.2) is 48.5 Å². The Kier molecular flexibility index (Phi) is 4.95. The van der Waals surface area contributed by atoms with Gasteiger partial charge in [-0.15, -0.1) is 0 Å². The van der Waals surface area contributed by atoms with Gasteiger partial charge in [-0.2, -0.15) is 5.26 Å². The van der Waals surface area contributed by atoms with Gasteiger partial charge in [-0.3, -0.25) is 9.69 Å². The number of nitriles is 1. The Labute approximate surface area is 168 Å². The van der Waals surface area contributed by atoms with Crippen LogP contribution in [0.4, 0.5) is 4.79 Å². The molecule has 1 aliphatic heterocycles. The number of fused-ring (bicyclic) bond motifs is 2. The molecule has 0 radical (unpaired) electrons. The van der Waals surface area contributed by atoms with Crippen molar-refractivity contribution in [2.24, 2.45) is 0 Å². The molecule has 3 amide bonds. The summed E-state index contributed by atoms with van der Waals surface area (Å²) in [7, 11) is 0. The van der Waals surface area contributed by atoms with Crippen LogP contribution < -0.4 is 10.1 Å². The fourth-order valence-corrected chi connectivity index (χ4v) is 4.01. The van der Waals surface area contributed by atoms with Crippen LogP contribution in [0.3, 0.4) is 0 Å². The van der Waals surface area contributed by atoms with Crippen LogP contribution in [0, 0.1) is 11.3 Å². The highest BCUT2D eigenvalue weighted by Crippen LogP contribution is 2.41. The number of aliphatic hydroxyl groups is 1. The molecule has 2 aromatic carbocycles. The minimum atomic E-state index is -1.02. The second-order valence-corrected chi connectivity index (χ2v) is 7.35. The number of aliphatic hydroxyl groups excluding tert-OH is 1. The summed E-state index contributed by atoms with van der Waals surface area (Å²) >= 11 is 0. The quantitative estimate of drug-likeness (QED) is 0.732. The molecular formula is C22H21N3O4. The smallest absolute Gasteiger partial charge is 0.325 e. The van der Waals surface area contributed by atoms with Gasteiger partial charge in [0.05, 0.1) is 19.0 Å². The number of hydrogen-bond donors (Lipinski definition) is 2. The van der Waals surface area contributed by atoms with Gasteiger partial charge in [0.15, 0.2) is 0 Å². The zero-order chi connectivity index (χ0) is 20.4. The Morgan fingerprint density at radius 2 is 1.97 bits per heavy atom.